The number of hydrogen-bond acceptors (Lipinski definition) is 4. The largest absolute Gasteiger partial charge is 0.476 e. The van der Waals surface area contributed by atoms with Crippen LogP contribution in [0.5, 0.6) is 0 Å². The number of aromatic carboxylic acids is 1. The lowest BCUT2D eigenvalue weighted by Gasteiger charge is -2.00. The standard InChI is InChI=1S/C8H8N4O3/c9-1-2-10-7(13)4-12-3-6(8(14)15)11-5-12/h3,5H,2,4H2,(H,10,13)(H,14,15). The topological polar surface area (TPSA) is 108 Å². The second-order valence-electron chi connectivity index (χ2n) is 2.67. The van der Waals surface area contributed by atoms with E-state index in [9.17, 15) is 9.59 Å². The molecule has 0 aliphatic heterocycles. The monoisotopic (exact) mass is 208 g/mol. The Kier molecular flexibility index (Phi) is 3.40. The number of aromatic nitrogens is 2. The first-order valence-electron chi connectivity index (χ1n) is 4.02. The summed E-state index contributed by atoms with van der Waals surface area (Å²) in [5.74, 6) is -1.52. The molecule has 0 aromatic carbocycles. The molecule has 0 bridgehead atoms. The highest BCUT2D eigenvalue weighted by atomic mass is 16.4. The van der Waals surface area contributed by atoms with Gasteiger partial charge in [0.25, 0.3) is 0 Å². The normalized spacial score (nSPS) is 9.27. The number of carboxylic acid groups (broad SMARTS) is 1. The molecule has 0 aliphatic rings. The second-order valence-corrected chi connectivity index (χ2v) is 2.67. The molecule has 7 heteroatoms. The highest BCUT2D eigenvalue weighted by Crippen LogP contribution is 1.95. The van der Waals surface area contributed by atoms with Crippen LogP contribution in [-0.4, -0.2) is 33.1 Å². The molecule has 78 valence electrons. The van der Waals surface area contributed by atoms with Crippen LogP contribution in [0.4, 0.5) is 0 Å². The van der Waals surface area contributed by atoms with Gasteiger partial charge in [0.2, 0.25) is 5.91 Å². The van der Waals surface area contributed by atoms with Gasteiger partial charge in [0.15, 0.2) is 5.69 Å². The van der Waals surface area contributed by atoms with Gasteiger partial charge in [-0.3, -0.25) is 4.79 Å². The highest BCUT2D eigenvalue weighted by Gasteiger charge is 2.08. The average Bonchev–Trinajstić information content (AvgIpc) is 2.63. The summed E-state index contributed by atoms with van der Waals surface area (Å²) in [6.45, 7) is -0.124. The average molecular weight is 208 g/mol. The summed E-state index contributed by atoms with van der Waals surface area (Å²) in [6, 6.07) is 1.76. The molecule has 1 amide bonds. The van der Waals surface area contributed by atoms with Crippen LogP contribution in [0, 0.1) is 11.3 Å². The lowest BCUT2D eigenvalue weighted by Crippen LogP contribution is -2.27. The van der Waals surface area contributed by atoms with E-state index in [1.165, 1.54) is 17.1 Å². The van der Waals surface area contributed by atoms with Crippen molar-refractivity contribution in [2.24, 2.45) is 0 Å². The van der Waals surface area contributed by atoms with Gasteiger partial charge < -0.3 is 15.0 Å². The van der Waals surface area contributed by atoms with E-state index >= 15 is 0 Å². The van der Waals surface area contributed by atoms with Crippen molar-refractivity contribution in [1.82, 2.24) is 14.9 Å². The summed E-state index contributed by atoms with van der Waals surface area (Å²) in [5.41, 5.74) is -0.122. The molecule has 0 radical (unpaired) electrons. The minimum Gasteiger partial charge on any atom is -0.476 e. The lowest BCUT2D eigenvalue weighted by molar-refractivity contribution is -0.121. The maximum absolute atomic E-state index is 11.1. The predicted octanol–water partition coefficient (Wildman–Crippen LogP) is -0.779. The maximum Gasteiger partial charge on any atom is 0.356 e. The second kappa shape index (κ2) is 4.76. The lowest BCUT2D eigenvalue weighted by atomic mass is 10.5. The molecule has 0 aliphatic carbocycles. The van der Waals surface area contributed by atoms with Gasteiger partial charge in [0, 0.05) is 6.20 Å². The maximum atomic E-state index is 11.1. The number of imidazole rings is 1. The zero-order chi connectivity index (χ0) is 11.3. The minimum absolute atomic E-state index is 0.0536. The third kappa shape index (κ3) is 3.11. The molecule has 1 aromatic rings. The quantitative estimate of drug-likeness (QED) is 0.631. The summed E-state index contributed by atoms with van der Waals surface area (Å²) >= 11 is 0. The molecule has 2 N–H and O–H groups in total. The van der Waals surface area contributed by atoms with Crippen LogP contribution < -0.4 is 5.32 Å². The number of hydrogen-bond donors (Lipinski definition) is 2. The van der Waals surface area contributed by atoms with Crippen molar-refractivity contribution >= 4 is 11.9 Å². The third-order valence-electron chi connectivity index (χ3n) is 1.54. The molecule has 0 fully saturated rings. The van der Waals surface area contributed by atoms with Gasteiger partial charge in [-0.05, 0) is 0 Å². The van der Waals surface area contributed by atoms with Gasteiger partial charge in [-0.25, -0.2) is 9.78 Å². The van der Waals surface area contributed by atoms with Crippen LogP contribution in [0.1, 0.15) is 10.5 Å². The first-order valence-corrected chi connectivity index (χ1v) is 4.02. The summed E-state index contributed by atoms with van der Waals surface area (Å²) in [6.07, 6.45) is 2.49. The number of nitriles is 1. The van der Waals surface area contributed by atoms with E-state index in [1.54, 1.807) is 6.07 Å². The van der Waals surface area contributed by atoms with Crippen LogP contribution in [0.3, 0.4) is 0 Å². The fraction of sp³-hybridized carbons (Fsp3) is 0.250. The van der Waals surface area contributed by atoms with Gasteiger partial charge in [-0.15, -0.1) is 0 Å². The summed E-state index contributed by atoms with van der Waals surface area (Å²) in [5, 5.41) is 19.1. The molecule has 0 saturated carbocycles. The number of nitrogens with one attached hydrogen (secondary N) is 1. The van der Waals surface area contributed by atoms with E-state index in [1.807, 2.05) is 0 Å². The van der Waals surface area contributed by atoms with Crippen molar-refractivity contribution in [3.8, 4) is 6.07 Å². The van der Waals surface area contributed by atoms with Crippen molar-refractivity contribution in [2.75, 3.05) is 6.54 Å². The number of carboxylic acids is 1. The zero-order valence-electron chi connectivity index (χ0n) is 7.67. The van der Waals surface area contributed by atoms with Gasteiger partial charge in [-0.1, -0.05) is 0 Å². The van der Waals surface area contributed by atoms with Gasteiger partial charge >= 0.3 is 5.97 Å². The van der Waals surface area contributed by atoms with Crippen LogP contribution >= 0.6 is 0 Å². The Bertz CT molecular complexity index is 418. The van der Waals surface area contributed by atoms with E-state index in [0.717, 1.165) is 0 Å². The van der Waals surface area contributed by atoms with Crippen molar-refractivity contribution in [1.29, 1.82) is 5.26 Å². The fourth-order valence-electron chi connectivity index (χ4n) is 0.917. The Morgan fingerprint density at radius 3 is 2.93 bits per heavy atom. The molecule has 0 saturated heterocycles. The Labute approximate surface area is 85.0 Å². The molecule has 1 heterocycles. The van der Waals surface area contributed by atoms with Crippen LogP contribution in [-0.2, 0) is 11.3 Å². The van der Waals surface area contributed by atoms with Crippen LogP contribution in [0.2, 0.25) is 0 Å². The van der Waals surface area contributed by atoms with E-state index < -0.39 is 5.97 Å². The van der Waals surface area contributed by atoms with Crippen molar-refractivity contribution in [2.45, 2.75) is 6.54 Å². The van der Waals surface area contributed by atoms with E-state index in [4.69, 9.17) is 10.4 Å². The smallest absolute Gasteiger partial charge is 0.356 e. The number of nitrogens with zero attached hydrogens (tertiary/aromatic N) is 3. The predicted molar refractivity (Wildman–Crippen MR) is 47.8 cm³/mol. The number of rotatable bonds is 4. The molecule has 15 heavy (non-hydrogen) atoms. The molecule has 0 atom stereocenters. The molecule has 0 spiro atoms. The first kappa shape index (κ1) is 10.7. The molecular weight excluding hydrogens is 200 g/mol. The molecular formula is C8H8N4O3. The number of carbonyl (C=O) groups excluding carboxylic acids is 1. The van der Waals surface area contributed by atoms with E-state index in [2.05, 4.69) is 10.3 Å². The Morgan fingerprint density at radius 1 is 1.67 bits per heavy atom. The summed E-state index contributed by atoms with van der Waals surface area (Å²) in [7, 11) is 0. The summed E-state index contributed by atoms with van der Waals surface area (Å²) < 4.78 is 1.33. The van der Waals surface area contributed by atoms with Crippen molar-refractivity contribution < 1.29 is 14.7 Å². The molecule has 1 rings (SSSR count). The Balaban J connectivity index is 2.54. The number of amides is 1. The van der Waals surface area contributed by atoms with Crippen molar-refractivity contribution in [3.05, 3.63) is 18.2 Å². The molecule has 1 aromatic heterocycles. The van der Waals surface area contributed by atoms with Crippen molar-refractivity contribution in [3.63, 3.8) is 0 Å². The Hall–Kier alpha value is -2.36. The zero-order valence-corrected chi connectivity index (χ0v) is 7.67. The minimum atomic E-state index is -1.15. The molecule has 7 nitrogen and oxygen atoms in total. The highest BCUT2D eigenvalue weighted by molar-refractivity contribution is 5.85. The fourth-order valence-corrected chi connectivity index (χ4v) is 0.917. The molecule has 0 unspecified atom stereocenters. The number of carbonyl (C=O) groups is 2. The third-order valence-corrected chi connectivity index (χ3v) is 1.54. The van der Waals surface area contributed by atoms with Gasteiger partial charge in [0.05, 0.1) is 12.4 Å². The Morgan fingerprint density at radius 2 is 2.40 bits per heavy atom. The summed E-state index contributed by atoms with van der Waals surface area (Å²) in [4.78, 5) is 25.1. The van der Waals surface area contributed by atoms with Gasteiger partial charge in [-0.2, -0.15) is 5.26 Å². The van der Waals surface area contributed by atoms with E-state index in [0.29, 0.717) is 0 Å². The van der Waals surface area contributed by atoms with Gasteiger partial charge in [0.1, 0.15) is 13.1 Å². The SMILES string of the molecule is N#CCNC(=O)Cn1cnc(C(=O)O)c1. The van der Waals surface area contributed by atoms with Crippen LogP contribution in [0.25, 0.3) is 0 Å². The van der Waals surface area contributed by atoms with Crippen LogP contribution in [0.15, 0.2) is 12.5 Å². The first-order chi connectivity index (χ1) is 7.13. The van der Waals surface area contributed by atoms with E-state index in [-0.39, 0.29) is 24.7 Å².